The van der Waals surface area contributed by atoms with Gasteiger partial charge in [0.1, 0.15) is 5.69 Å². The van der Waals surface area contributed by atoms with Crippen LogP contribution >= 0.6 is 0 Å². The zero-order chi connectivity index (χ0) is 14.6. The summed E-state index contributed by atoms with van der Waals surface area (Å²) in [6.07, 6.45) is -3.32. The van der Waals surface area contributed by atoms with Crippen molar-refractivity contribution in [3.8, 4) is 6.07 Å². The summed E-state index contributed by atoms with van der Waals surface area (Å²) in [5.41, 5.74) is 0.834. The summed E-state index contributed by atoms with van der Waals surface area (Å²) in [5.74, 6) is 0. The molecule has 1 heterocycles. The summed E-state index contributed by atoms with van der Waals surface area (Å²) < 4.78 is 37.1. The van der Waals surface area contributed by atoms with Crippen molar-refractivity contribution in [2.24, 2.45) is 0 Å². The van der Waals surface area contributed by atoms with Gasteiger partial charge in [0.05, 0.1) is 23.5 Å². The Hall–Kier alpha value is -2.55. The molecule has 20 heavy (non-hydrogen) atoms. The third kappa shape index (κ3) is 3.26. The molecule has 0 saturated heterocycles. The van der Waals surface area contributed by atoms with Gasteiger partial charge in [-0.05, 0) is 23.8 Å². The molecule has 1 N–H and O–H groups in total. The quantitative estimate of drug-likeness (QED) is 0.932. The molecule has 6 heteroatoms. The van der Waals surface area contributed by atoms with E-state index in [1.54, 1.807) is 24.3 Å². The normalized spacial score (nSPS) is 10.9. The molecule has 0 aliphatic rings. The van der Waals surface area contributed by atoms with Gasteiger partial charge in [0, 0.05) is 6.54 Å². The van der Waals surface area contributed by atoms with Gasteiger partial charge in [0.2, 0.25) is 0 Å². The van der Waals surface area contributed by atoms with Crippen LogP contribution in [0.3, 0.4) is 0 Å². The van der Waals surface area contributed by atoms with Crippen molar-refractivity contribution >= 4 is 5.69 Å². The fourth-order valence-corrected chi connectivity index (χ4v) is 1.65. The van der Waals surface area contributed by atoms with Gasteiger partial charge in [-0.15, -0.1) is 0 Å². The lowest BCUT2D eigenvalue weighted by Gasteiger charge is -2.09. The van der Waals surface area contributed by atoms with Crippen molar-refractivity contribution in [3.05, 3.63) is 59.4 Å². The molecule has 1 aromatic heterocycles. The Labute approximate surface area is 113 Å². The van der Waals surface area contributed by atoms with Crippen molar-refractivity contribution in [2.45, 2.75) is 12.7 Å². The molecular formula is C14H10F3N3. The lowest BCUT2D eigenvalue weighted by molar-refractivity contribution is -0.141. The van der Waals surface area contributed by atoms with Gasteiger partial charge < -0.3 is 5.32 Å². The Kier molecular flexibility index (Phi) is 3.89. The number of anilines is 1. The number of benzene rings is 1. The van der Waals surface area contributed by atoms with Crippen LogP contribution in [0.25, 0.3) is 0 Å². The van der Waals surface area contributed by atoms with Gasteiger partial charge in [0.15, 0.2) is 0 Å². The fraction of sp³-hybridized carbons (Fsp3) is 0.143. The highest BCUT2D eigenvalue weighted by molar-refractivity contribution is 5.44. The highest BCUT2D eigenvalue weighted by Gasteiger charge is 2.31. The minimum absolute atomic E-state index is 0.344. The summed E-state index contributed by atoms with van der Waals surface area (Å²) in [6.45, 7) is 0.344. The molecule has 0 radical (unpaired) electrons. The van der Waals surface area contributed by atoms with Gasteiger partial charge >= 0.3 is 6.18 Å². The molecule has 0 aliphatic carbocycles. The predicted molar refractivity (Wildman–Crippen MR) is 67.7 cm³/mol. The van der Waals surface area contributed by atoms with E-state index in [0.717, 1.165) is 17.8 Å². The van der Waals surface area contributed by atoms with E-state index in [2.05, 4.69) is 16.4 Å². The number of hydrogen-bond donors (Lipinski definition) is 1. The molecule has 0 spiro atoms. The molecule has 0 amide bonds. The van der Waals surface area contributed by atoms with Gasteiger partial charge in [-0.25, -0.2) is 4.98 Å². The second-order valence-electron chi connectivity index (χ2n) is 4.05. The minimum Gasteiger partial charge on any atom is -0.380 e. The SMILES string of the molecule is N#Cc1ccccc1CNc1ccc(C(F)(F)F)nc1. The number of nitrogens with zero attached hydrogens (tertiary/aromatic N) is 2. The average Bonchev–Trinajstić information content (AvgIpc) is 2.45. The van der Waals surface area contributed by atoms with Gasteiger partial charge in [0.25, 0.3) is 0 Å². The van der Waals surface area contributed by atoms with E-state index in [0.29, 0.717) is 17.8 Å². The first-order valence-corrected chi connectivity index (χ1v) is 5.76. The fourth-order valence-electron chi connectivity index (χ4n) is 1.65. The van der Waals surface area contributed by atoms with Gasteiger partial charge in [-0.2, -0.15) is 18.4 Å². The van der Waals surface area contributed by atoms with E-state index >= 15 is 0 Å². The van der Waals surface area contributed by atoms with E-state index in [4.69, 9.17) is 5.26 Å². The van der Waals surface area contributed by atoms with Crippen molar-refractivity contribution in [3.63, 3.8) is 0 Å². The number of halogens is 3. The summed E-state index contributed by atoms with van der Waals surface area (Å²) in [6, 6.07) is 11.3. The maximum Gasteiger partial charge on any atom is 0.433 e. The Morgan fingerprint density at radius 2 is 1.90 bits per heavy atom. The lowest BCUT2D eigenvalue weighted by Crippen LogP contribution is -2.08. The molecule has 0 aliphatic heterocycles. The van der Waals surface area contributed by atoms with Crippen LogP contribution in [-0.4, -0.2) is 4.98 Å². The van der Waals surface area contributed by atoms with E-state index in [1.165, 1.54) is 6.07 Å². The van der Waals surface area contributed by atoms with Crippen molar-refractivity contribution < 1.29 is 13.2 Å². The van der Waals surface area contributed by atoms with E-state index < -0.39 is 11.9 Å². The molecule has 2 aromatic rings. The first kappa shape index (κ1) is 13.9. The van der Waals surface area contributed by atoms with Crippen LogP contribution < -0.4 is 5.32 Å². The van der Waals surface area contributed by atoms with Crippen LogP contribution in [0.4, 0.5) is 18.9 Å². The minimum atomic E-state index is -4.44. The number of aromatic nitrogens is 1. The first-order valence-electron chi connectivity index (χ1n) is 5.76. The Bertz CT molecular complexity index is 627. The van der Waals surface area contributed by atoms with Gasteiger partial charge in [-0.3, -0.25) is 0 Å². The Morgan fingerprint density at radius 1 is 1.15 bits per heavy atom. The third-order valence-electron chi connectivity index (χ3n) is 2.67. The third-order valence-corrected chi connectivity index (χ3v) is 2.67. The van der Waals surface area contributed by atoms with Crippen LogP contribution in [0, 0.1) is 11.3 Å². The summed E-state index contributed by atoms with van der Waals surface area (Å²) >= 11 is 0. The highest BCUT2D eigenvalue weighted by atomic mass is 19.4. The van der Waals surface area contributed by atoms with Crippen LogP contribution in [0.15, 0.2) is 42.6 Å². The first-order chi connectivity index (χ1) is 9.50. The molecule has 3 nitrogen and oxygen atoms in total. The van der Waals surface area contributed by atoms with Crippen LogP contribution in [0.1, 0.15) is 16.8 Å². The molecule has 0 fully saturated rings. The second-order valence-corrected chi connectivity index (χ2v) is 4.05. The highest BCUT2D eigenvalue weighted by Crippen LogP contribution is 2.27. The van der Waals surface area contributed by atoms with Crippen molar-refractivity contribution in [1.29, 1.82) is 5.26 Å². The summed E-state index contributed by atoms with van der Waals surface area (Å²) in [5, 5.41) is 11.9. The number of alkyl halides is 3. The number of pyridine rings is 1. The van der Waals surface area contributed by atoms with Crippen molar-refractivity contribution in [2.75, 3.05) is 5.32 Å². The molecule has 2 rings (SSSR count). The predicted octanol–water partition coefficient (Wildman–Crippen LogP) is 3.58. The zero-order valence-corrected chi connectivity index (χ0v) is 10.3. The maximum atomic E-state index is 12.4. The van der Waals surface area contributed by atoms with Crippen LogP contribution in [0.2, 0.25) is 0 Å². The molecule has 102 valence electrons. The average molecular weight is 277 g/mol. The largest absolute Gasteiger partial charge is 0.433 e. The molecule has 0 atom stereocenters. The molecule has 0 unspecified atom stereocenters. The molecule has 0 bridgehead atoms. The lowest BCUT2D eigenvalue weighted by atomic mass is 10.1. The number of hydrogen-bond acceptors (Lipinski definition) is 3. The van der Waals surface area contributed by atoms with Gasteiger partial charge in [-0.1, -0.05) is 18.2 Å². The monoisotopic (exact) mass is 277 g/mol. The van der Waals surface area contributed by atoms with E-state index in [-0.39, 0.29) is 0 Å². The summed E-state index contributed by atoms with van der Waals surface area (Å²) in [4.78, 5) is 3.35. The van der Waals surface area contributed by atoms with Crippen molar-refractivity contribution in [1.82, 2.24) is 4.98 Å². The Balaban J connectivity index is 2.07. The molecule has 1 aromatic carbocycles. The smallest absolute Gasteiger partial charge is 0.380 e. The maximum absolute atomic E-state index is 12.4. The topological polar surface area (TPSA) is 48.7 Å². The molecular weight excluding hydrogens is 267 g/mol. The number of nitrogens with one attached hydrogen (secondary N) is 1. The number of nitriles is 1. The second kappa shape index (κ2) is 5.61. The zero-order valence-electron chi connectivity index (χ0n) is 10.3. The number of rotatable bonds is 3. The van der Waals surface area contributed by atoms with Crippen LogP contribution in [0.5, 0.6) is 0 Å². The summed E-state index contributed by atoms with van der Waals surface area (Å²) in [7, 11) is 0. The Morgan fingerprint density at radius 3 is 2.50 bits per heavy atom. The van der Waals surface area contributed by atoms with E-state index in [9.17, 15) is 13.2 Å². The molecule has 0 saturated carbocycles. The van der Waals surface area contributed by atoms with Crippen LogP contribution in [-0.2, 0) is 12.7 Å². The van der Waals surface area contributed by atoms with E-state index in [1.807, 2.05) is 0 Å². The standard InChI is InChI=1S/C14H10F3N3/c15-14(16,17)13-6-5-12(9-20-13)19-8-11-4-2-1-3-10(11)7-18/h1-6,9,19H,8H2.